The highest BCUT2D eigenvalue weighted by Crippen LogP contribution is 2.30. The number of amides is 1. The van der Waals surface area contributed by atoms with Gasteiger partial charge in [-0.3, -0.25) is 9.69 Å². The quantitative estimate of drug-likeness (QED) is 0.843. The van der Waals surface area contributed by atoms with E-state index in [0.29, 0.717) is 24.7 Å². The molecule has 1 aromatic carbocycles. The lowest BCUT2D eigenvalue weighted by Crippen LogP contribution is -2.41. The lowest BCUT2D eigenvalue weighted by atomic mass is 10.1. The largest absolute Gasteiger partial charge is 0.416 e. The van der Waals surface area contributed by atoms with E-state index in [0.717, 1.165) is 31.6 Å². The molecule has 132 valence electrons. The second kappa shape index (κ2) is 7.13. The Morgan fingerprint density at radius 1 is 1.12 bits per heavy atom. The van der Waals surface area contributed by atoms with Crippen LogP contribution in [0.1, 0.15) is 36.8 Å². The molecule has 3 nitrogen and oxygen atoms in total. The van der Waals surface area contributed by atoms with Gasteiger partial charge in [-0.15, -0.1) is 0 Å². The first-order valence-electron chi connectivity index (χ1n) is 8.61. The van der Waals surface area contributed by atoms with Crippen LogP contribution in [0.3, 0.4) is 0 Å². The van der Waals surface area contributed by atoms with Gasteiger partial charge in [-0.05, 0) is 44.0 Å². The normalized spacial score (nSPS) is 22.8. The van der Waals surface area contributed by atoms with E-state index in [-0.39, 0.29) is 12.3 Å². The van der Waals surface area contributed by atoms with Gasteiger partial charge in [-0.25, -0.2) is 0 Å². The third kappa shape index (κ3) is 4.09. The minimum absolute atomic E-state index is 0.0383. The van der Waals surface area contributed by atoms with Gasteiger partial charge in [0.15, 0.2) is 0 Å². The lowest BCUT2D eigenvalue weighted by Gasteiger charge is -2.32. The molecular formula is C18H23F3N2O. The molecule has 2 saturated heterocycles. The lowest BCUT2D eigenvalue weighted by molar-refractivity contribution is -0.138. The first-order valence-corrected chi connectivity index (χ1v) is 8.61. The Morgan fingerprint density at radius 2 is 1.88 bits per heavy atom. The number of halogens is 3. The molecule has 24 heavy (non-hydrogen) atoms. The van der Waals surface area contributed by atoms with Gasteiger partial charge < -0.3 is 4.90 Å². The number of piperidine rings is 1. The summed E-state index contributed by atoms with van der Waals surface area (Å²) in [7, 11) is 0. The van der Waals surface area contributed by atoms with Crippen LogP contribution in [0.5, 0.6) is 0 Å². The van der Waals surface area contributed by atoms with Gasteiger partial charge in [0, 0.05) is 19.1 Å². The number of alkyl halides is 3. The second-order valence-electron chi connectivity index (χ2n) is 6.75. The monoisotopic (exact) mass is 340 g/mol. The summed E-state index contributed by atoms with van der Waals surface area (Å²) in [6.07, 6.45) is 0.349. The van der Waals surface area contributed by atoms with E-state index in [4.69, 9.17) is 0 Å². The van der Waals surface area contributed by atoms with Crippen molar-refractivity contribution in [1.82, 2.24) is 9.80 Å². The average molecular weight is 340 g/mol. The summed E-state index contributed by atoms with van der Waals surface area (Å²) >= 11 is 0. The average Bonchev–Trinajstić information content (AvgIpc) is 3.05. The maximum atomic E-state index is 12.8. The van der Waals surface area contributed by atoms with Crippen LogP contribution in [0.15, 0.2) is 24.3 Å². The first-order chi connectivity index (χ1) is 11.4. The smallest absolute Gasteiger partial charge is 0.341 e. The Morgan fingerprint density at radius 3 is 2.58 bits per heavy atom. The van der Waals surface area contributed by atoms with Crippen LogP contribution in [0, 0.1) is 0 Å². The molecule has 6 heteroatoms. The van der Waals surface area contributed by atoms with Crippen molar-refractivity contribution < 1.29 is 18.0 Å². The molecule has 2 aliphatic rings. The SMILES string of the molecule is O=C(Cc1cccc(C(F)(F)F)c1)N1CC[C@@H](N2CCCCC2)C1. The molecule has 0 aromatic heterocycles. The van der Waals surface area contributed by atoms with Gasteiger partial charge >= 0.3 is 6.18 Å². The van der Waals surface area contributed by atoms with E-state index >= 15 is 0 Å². The van der Waals surface area contributed by atoms with Crippen LogP contribution in [-0.2, 0) is 17.4 Å². The van der Waals surface area contributed by atoms with Crippen LogP contribution < -0.4 is 0 Å². The zero-order valence-electron chi connectivity index (χ0n) is 13.7. The van der Waals surface area contributed by atoms with E-state index in [9.17, 15) is 18.0 Å². The third-order valence-corrected chi connectivity index (χ3v) is 5.03. The van der Waals surface area contributed by atoms with Gasteiger partial charge in [-0.2, -0.15) is 13.2 Å². The topological polar surface area (TPSA) is 23.6 Å². The molecule has 1 atom stereocenters. The molecule has 0 aliphatic carbocycles. The van der Waals surface area contributed by atoms with Crippen molar-refractivity contribution in [3.8, 4) is 0 Å². The summed E-state index contributed by atoms with van der Waals surface area (Å²) < 4.78 is 38.3. The van der Waals surface area contributed by atoms with E-state index in [1.54, 1.807) is 11.0 Å². The highest BCUT2D eigenvalue weighted by atomic mass is 19.4. The molecule has 0 unspecified atom stereocenters. The Labute approximate surface area is 140 Å². The van der Waals surface area contributed by atoms with Gasteiger partial charge in [0.25, 0.3) is 0 Å². The molecule has 3 rings (SSSR count). The third-order valence-electron chi connectivity index (χ3n) is 5.03. The summed E-state index contributed by atoms with van der Waals surface area (Å²) in [6.45, 7) is 3.61. The molecule has 0 saturated carbocycles. The van der Waals surface area contributed by atoms with Crippen LogP contribution >= 0.6 is 0 Å². The van der Waals surface area contributed by atoms with E-state index in [1.807, 2.05) is 0 Å². The molecule has 2 aliphatic heterocycles. The number of likely N-dealkylation sites (tertiary alicyclic amines) is 2. The fraction of sp³-hybridized carbons (Fsp3) is 0.611. The van der Waals surface area contributed by atoms with Crippen LogP contribution in [0.2, 0.25) is 0 Å². The molecule has 0 radical (unpaired) electrons. The van der Waals surface area contributed by atoms with Gasteiger partial charge in [0.1, 0.15) is 0 Å². The highest BCUT2D eigenvalue weighted by molar-refractivity contribution is 5.79. The van der Waals surface area contributed by atoms with Gasteiger partial charge in [-0.1, -0.05) is 24.6 Å². The molecule has 2 fully saturated rings. The van der Waals surface area contributed by atoms with Crippen molar-refractivity contribution in [2.45, 2.75) is 44.3 Å². The fourth-order valence-electron chi connectivity index (χ4n) is 3.69. The molecule has 1 aromatic rings. The number of benzene rings is 1. The molecule has 1 amide bonds. The Balaban J connectivity index is 1.58. The maximum Gasteiger partial charge on any atom is 0.416 e. The molecular weight excluding hydrogens is 317 g/mol. The molecule has 0 spiro atoms. The predicted octanol–water partition coefficient (Wildman–Crippen LogP) is 3.33. The fourth-order valence-corrected chi connectivity index (χ4v) is 3.69. The van der Waals surface area contributed by atoms with E-state index in [2.05, 4.69) is 4.90 Å². The molecule has 0 bridgehead atoms. The van der Waals surface area contributed by atoms with Crippen molar-refractivity contribution in [3.05, 3.63) is 35.4 Å². The molecule has 2 heterocycles. The van der Waals surface area contributed by atoms with Crippen LogP contribution in [0.25, 0.3) is 0 Å². The van der Waals surface area contributed by atoms with Crippen molar-refractivity contribution >= 4 is 5.91 Å². The zero-order chi connectivity index (χ0) is 17.2. The number of hydrogen-bond acceptors (Lipinski definition) is 2. The van der Waals surface area contributed by atoms with Crippen LogP contribution in [-0.4, -0.2) is 47.9 Å². The van der Waals surface area contributed by atoms with Crippen LogP contribution in [0.4, 0.5) is 13.2 Å². The zero-order valence-corrected chi connectivity index (χ0v) is 13.7. The van der Waals surface area contributed by atoms with E-state index < -0.39 is 11.7 Å². The van der Waals surface area contributed by atoms with Crippen molar-refractivity contribution in [3.63, 3.8) is 0 Å². The summed E-state index contributed by atoms with van der Waals surface area (Å²) in [6, 6.07) is 5.49. The summed E-state index contributed by atoms with van der Waals surface area (Å²) in [4.78, 5) is 16.7. The number of hydrogen-bond donors (Lipinski definition) is 0. The first kappa shape index (κ1) is 17.3. The summed E-state index contributed by atoms with van der Waals surface area (Å²) in [5.74, 6) is -0.0752. The Kier molecular flexibility index (Phi) is 5.13. The number of carbonyl (C=O) groups is 1. The molecule has 0 N–H and O–H groups in total. The van der Waals surface area contributed by atoms with Gasteiger partial charge in [0.05, 0.1) is 12.0 Å². The van der Waals surface area contributed by atoms with Crippen molar-refractivity contribution in [2.75, 3.05) is 26.2 Å². The van der Waals surface area contributed by atoms with Crippen molar-refractivity contribution in [2.24, 2.45) is 0 Å². The predicted molar refractivity (Wildman–Crippen MR) is 85.6 cm³/mol. The standard InChI is InChI=1S/C18H23F3N2O/c19-18(20,21)15-6-4-5-14(11-15)12-17(24)23-10-7-16(13-23)22-8-2-1-3-9-22/h4-6,11,16H,1-3,7-10,12-13H2/t16-/m1/s1. The minimum Gasteiger partial charge on any atom is -0.341 e. The summed E-state index contributed by atoms with van der Waals surface area (Å²) in [5, 5.41) is 0. The minimum atomic E-state index is -4.37. The maximum absolute atomic E-state index is 12.8. The second-order valence-corrected chi connectivity index (χ2v) is 6.75. The number of rotatable bonds is 3. The van der Waals surface area contributed by atoms with Gasteiger partial charge in [0.2, 0.25) is 5.91 Å². The Hall–Kier alpha value is -1.56. The van der Waals surface area contributed by atoms with E-state index in [1.165, 1.54) is 25.3 Å². The highest BCUT2D eigenvalue weighted by Gasteiger charge is 2.32. The summed E-state index contributed by atoms with van der Waals surface area (Å²) in [5.41, 5.74) is -0.267. The van der Waals surface area contributed by atoms with Crippen molar-refractivity contribution in [1.29, 1.82) is 0 Å². The number of nitrogens with zero attached hydrogens (tertiary/aromatic N) is 2. The number of carbonyl (C=O) groups excluding carboxylic acids is 1. The Bertz CT molecular complexity index is 582.